The number of carbonyl (C=O) groups excluding carboxylic acids is 1. The van der Waals surface area contributed by atoms with Crippen LogP contribution in [0.15, 0.2) is 24.3 Å². The van der Waals surface area contributed by atoms with Crippen molar-refractivity contribution < 1.29 is 4.79 Å². The van der Waals surface area contributed by atoms with E-state index in [-0.39, 0.29) is 5.91 Å². The van der Waals surface area contributed by atoms with E-state index in [1.54, 1.807) is 0 Å². The predicted molar refractivity (Wildman–Crippen MR) is 133 cm³/mol. The number of nitrogens with one attached hydrogen (secondary N) is 2. The van der Waals surface area contributed by atoms with Crippen LogP contribution in [-0.4, -0.2) is 15.9 Å². The van der Waals surface area contributed by atoms with Gasteiger partial charge in [-0.2, -0.15) is 0 Å². The molecule has 3 nitrogen and oxygen atoms in total. The molecule has 172 valence electrons. The van der Waals surface area contributed by atoms with Crippen LogP contribution in [0, 0.1) is 6.92 Å². The molecule has 0 bridgehead atoms. The van der Waals surface area contributed by atoms with Gasteiger partial charge in [0.2, 0.25) is 9.70 Å². The van der Waals surface area contributed by atoms with Gasteiger partial charge in [0.15, 0.2) is 0 Å². The van der Waals surface area contributed by atoms with Crippen molar-refractivity contribution in [2.24, 2.45) is 0 Å². The Morgan fingerprint density at radius 1 is 0.867 bits per heavy atom. The van der Waals surface area contributed by atoms with Crippen molar-refractivity contribution in [1.29, 1.82) is 0 Å². The molecule has 2 N–H and O–H groups in total. The fourth-order valence-corrected chi connectivity index (χ4v) is 3.78. The zero-order chi connectivity index (χ0) is 22.2. The molecule has 1 amide bonds. The van der Waals surface area contributed by atoms with Crippen LogP contribution in [0.3, 0.4) is 0 Å². The monoisotopic (exact) mass is 476 g/mol. The molecular formula is C24H39Cl3N2O. The molecule has 0 saturated carbocycles. The lowest BCUT2D eigenvalue weighted by Crippen LogP contribution is -2.49. The fourth-order valence-electron chi connectivity index (χ4n) is 3.45. The lowest BCUT2D eigenvalue weighted by Gasteiger charge is -2.28. The summed E-state index contributed by atoms with van der Waals surface area (Å²) in [5.74, 6) is -0.0977. The Morgan fingerprint density at radius 3 is 1.87 bits per heavy atom. The minimum Gasteiger partial charge on any atom is -0.362 e. The summed E-state index contributed by atoms with van der Waals surface area (Å²) in [6.45, 7) is 4.22. The molecule has 1 unspecified atom stereocenters. The van der Waals surface area contributed by atoms with Gasteiger partial charge in [0.25, 0.3) is 0 Å². The van der Waals surface area contributed by atoms with Crippen molar-refractivity contribution in [3.8, 4) is 0 Å². The van der Waals surface area contributed by atoms with E-state index < -0.39 is 9.96 Å². The SMILES string of the molecule is CCCCCCCCCCCCCCC(=O)NC(Nc1ccccc1C)C(Cl)(Cl)Cl. The fraction of sp³-hybridized carbons (Fsp3) is 0.708. The standard InChI is InChI=1S/C24H39Cl3N2O/c1-3-4-5-6-7-8-9-10-11-12-13-14-19-22(30)29-23(24(25,26)27)28-21-18-16-15-17-20(21)2/h15-18,23,28H,3-14,19H2,1-2H3,(H,29,30). The molecule has 1 atom stereocenters. The average molecular weight is 478 g/mol. The molecule has 0 spiro atoms. The third kappa shape index (κ3) is 12.9. The number of carbonyl (C=O) groups is 1. The highest BCUT2D eigenvalue weighted by atomic mass is 35.6. The van der Waals surface area contributed by atoms with E-state index in [9.17, 15) is 4.79 Å². The summed E-state index contributed by atoms with van der Waals surface area (Å²) in [7, 11) is 0. The van der Waals surface area contributed by atoms with Crippen molar-refractivity contribution in [2.45, 2.75) is 107 Å². The van der Waals surface area contributed by atoms with Crippen LogP contribution in [0.5, 0.6) is 0 Å². The molecule has 1 rings (SSSR count). The third-order valence-corrected chi connectivity index (χ3v) is 5.99. The number of rotatable bonds is 16. The van der Waals surface area contributed by atoms with E-state index >= 15 is 0 Å². The normalized spacial score (nSPS) is 12.6. The van der Waals surface area contributed by atoms with Crippen molar-refractivity contribution in [3.63, 3.8) is 0 Å². The predicted octanol–water partition coefficient (Wildman–Crippen LogP) is 8.31. The summed E-state index contributed by atoms with van der Waals surface area (Å²) < 4.78 is -1.64. The van der Waals surface area contributed by atoms with Crippen molar-refractivity contribution >= 4 is 46.4 Å². The molecule has 0 aliphatic rings. The highest BCUT2D eigenvalue weighted by molar-refractivity contribution is 6.68. The summed E-state index contributed by atoms with van der Waals surface area (Å²) in [6, 6.07) is 7.71. The first-order valence-electron chi connectivity index (χ1n) is 11.5. The van der Waals surface area contributed by atoms with E-state index in [1.807, 2.05) is 31.2 Å². The van der Waals surface area contributed by atoms with Crippen LogP contribution in [-0.2, 0) is 4.79 Å². The first-order chi connectivity index (χ1) is 14.3. The maximum Gasteiger partial charge on any atom is 0.228 e. The maximum atomic E-state index is 12.3. The summed E-state index contributed by atoms with van der Waals surface area (Å²) in [5, 5.41) is 5.96. The number of unbranched alkanes of at least 4 members (excludes halogenated alkanes) is 11. The van der Waals surface area contributed by atoms with Crippen molar-refractivity contribution in [2.75, 3.05) is 5.32 Å². The van der Waals surface area contributed by atoms with E-state index in [4.69, 9.17) is 34.8 Å². The number of benzene rings is 1. The van der Waals surface area contributed by atoms with Crippen molar-refractivity contribution in [3.05, 3.63) is 29.8 Å². The lowest BCUT2D eigenvalue weighted by molar-refractivity contribution is -0.121. The Kier molecular flexibility index (Phi) is 14.7. The van der Waals surface area contributed by atoms with Gasteiger partial charge in [-0.15, -0.1) is 0 Å². The number of aryl methyl sites for hydroxylation is 1. The highest BCUT2D eigenvalue weighted by Gasteiger charge is 2.34. The molecule has 0 aliphatic carbocycles. The van der Waals surface area contributed by atoms with Gasteiger partial charge in [0.1, 0.15) is 6.17 Å². The molecule has 6 heteroatoms. The average Bonchev–Trinajstić information content (AvgIpc) is 2.69. The second-order valence-electron chi connectivity index (χ2n) is 8.14. The van der Waals surface area contributed by atoms with Crippen LogP contribution in [0.4, 0.5) is 5.69 Å². The molecule has 30 heavy (non-hydrogen) atoms. The zero-order valence-corrected chi connectivity index (χ0v) is 20.9. The quantitative estimate of drug-likeness (QED) is 0.143. The topological polar surface area (TPSA) is 41.1 Å². The number of alkyl halides is 3. The van der Waals surface area contributed by atoms with Crippen LogP contribution in [0.1, 0.15) is 96.0 Å². The second kappa shape index (κ2) is 16.1. The maximum absolute atomic E-state index is 12.3. The number of hydrogen-bond donors (Lipinski definition) is 2. The number of halogens is 3. The van der Waals surface area contributed by atoms with E-state index in [0.29, 0.717) is 6.42 Å². The molecular weight excluding hydrogens is 439 g/mol. The van der Waals surface area contributed by atoms with Gasteiger partial charge < -0.3 is 10.6 Å². The van der Waals surface area contributed by atoms with Gasteiger partial charge in [-0.3, -0.25) is 4.79 Å². The van der Waals surface area contributed by atoms with Crippen molar-refractivity contribution in [1.82, 2.24) is 5.32 Å². The third-order valence-electron chi connectivity index (χ3n) is 5.33. The van der Waals surface area contributed by atoms with Crippen LogP contribution < -0.4 is 10.6 Å². The van der Waals surface area contributed by atoms with Gasteiger partial charge in [-0.05, 0) is 25.0 Å². The molecule has 0 saturated heterocycles. The Bertz CT molecular complexity index is 590. The lowest BCUT2D eigenvalue weighted by atomic mass is 10.0. The largest absolute Gasteiger partial charge is 0.362 e. The summed E-state index contributed by atoms with van der Waals surface area (Å²) in [4.78, 5) is 12.3. The van der Waals surface area contributed by atoms with Gasteiger partial charge in [-0.25, -0.2) is 0 Å². The number of anilines is 1. The second-order valence-corrected chi connectivity index (χ2v) is 10.5. The smallest absolute Gasteiger partial charge is 0.228 e. The summed E-state index contributed by atoms with van der Waals surface area (Å²) >= 11 is 18.2. The number of para-hydroxylation sites is 1. The van der Waals surface area contributed by atoms with Gasteiger partial charge in [-0.1, -0.05) is 131 Å². The van der Waals surface area contributed by atoms with E-state index in [1.165, 1.54) is 64.2 Å². The Labute approximate surface area is 198 Å². The minimum atomic E-state index is -1.64. The molecule has 0 aliphatic heterocycles. The van der Waals surface area contributed by atoms with Gasteiger partial charge in [0, 0.05) is 12.1 Å². The Balaban J connectivity index is 2.17. The van der Waals surface area contributed by atoms with Gasteiger partial charge in [0.05, 0.1) is 0 Å². The molecule has 0 aromatic heterocycles. The van der Waals surface area contributed by atoms with E-state index in [2.05, 4.69) is 17.6 Å². The number of amides is 1. The van der Waals surface area contributed by atoms with Crippen LogP contribution in [0.2, 0.25) is 0 Å². The Hall–Kier alpha value is -0.640. The zero-order valence-electron chi connectivity index (χ0n) is 18.6. The summed E-state index contributed by atoms with van der Waals surface area (Å²) in [5.41, 5.74) is 1.85. The molecule has 1 aromatic carbocycles. The minimum absolute atomic E-state index is 0.0977. The van der Waals surface area contributed by atoms with E-state index in [0.717, 1.165) is 24.1 Å². The van der Waals surface area contributed by atoms with Crippen LogP contribution in [0.25, 0.3) is 0 Å². The molecule has 0 radical (unpaired) electrons. The van der Waals surface area contributed by atoms with Crippen LogP contribution >= 0.6 is 34.8 Å². The molecule has 1 aromatic rings. The molecule has 0 fully saturated rings. The number of hydrogen-bond acceptors (Lipinski definition) is 2. The highest BCUT2D eigenvalue weighted by Crippen LogP contribution is 2.31. The first-order valence-corrected chi connectivity index (χ1v) is 12.7. The first kappa shape index (κ1) is 27.4. The Morgan fingerprint density at radius 2 is 1.37 bits per heavy atom. The molecule has 0 heterocycles. The van der Waals surface area contributed by atoms with Gasteiger partial charge >= 0.3 is 0 Å². The summed E-state index contributed by atoms with van der Waals surface area (Å²) in [6.07, 6.45) is 14.8.